The molecule has 0 fully saturated rings. The van der Waals surface area contributed by atoms with Gasteiger partial charge in [0.25, 0.3) is 0 Å². The summed E-state index contributed by atoms with van der Waals surface area (Å²) < 4.78 is 16.6. The van der Waals surface area contributed by atoms with E-state index >= 15 is 0 Å². The third-order valence-corrected chi connectivity index (χ3v) is 4.70. The number of nitrogens with zero attached hydrogens (tertiary/aromatic N) is 2. The van der Waals surface area contributed by atoms with E-state index in [-0.39, 0.29) is 12.0 Å². The number of likely N-dealkylation sites (N-methyl/N-ethyl adjacent to an activating group) is 1. The molecule has 0 amide bonds. The summed E-state index contributed by atoms with van der Waals surface area (Å²) >= 11 is 0. The molecule has 160 valence electrons. The molecule has 0 aliphatic heterocycles. The van der Waals surface area contributed by atoms with Gasteiger partial charge in [-0.1, -0.05) is 24.3 Å². The lowest BCUT2D eigenvalue weighted by atomic mass is 10.1. The third kappa shape index (κ3) is 6.05. The zero-order valence-corrected chi connectivity index (χ0v) is 17.8. The molecule has 7 nitrogen and oxygen atoms in total. The maximum atomic E-state index is 12.1. The monoisotopic (exact) mass is 411 g/mol. The molecular formula is C23H29N3O4. The van der Waals surface area contributed by atoms with Gasteiger partial charge in [-0.2, -0.15) is 0 Å². The largest absolute Gasteiger partial charge is 0.492 e. The summed E-state index contributed by atoms with van der Waals surface area (Å²) in [4.78, 5) is 18.4. The molecule has 0 aliphatic rings. The highest BCUT2D eigenvalue weighted by molar-refractivity contribution is 5.76. The Morgan fingerprint density at radius 3 is 2.63 bits per heavy atom. The zero-order valence-electron chi connectivity index (χ0n) is 17.8. The average molecular weight is 412 g/mol. The minimum atomic E-state index is -0.298. The van der Waals surface area contributed by atoms with Gasteiger partial charge in [0.15, 0.2) is 5.58 Å². The molecule has 3 rings (SSSR count). The van der Waals surface area contributed by atoms with Crippen LogP contribution < -0.4 is 10.1 Å². The first-order chi connectivity index (χ1) is 14.6. The Morgan fingerprint density at radius 1 is 1.17 bits per heavy atom. The smallest absolute Gasteiger partial charge is 0.323 e. The number of fused-ring (bicyclic) bond motifs is 1. The van der Waals surface area contributed by atoms with Crippen LogP contribution in [0.4, 0.5) is 0 Å². The first-order valence-corrected chi connectivity index (χ1v) is 10.2. The lowest BCUT2D eigenvalue weighted by molar-refractivity contribution is -0.148. The number of rotatable bonds is 11. The van der Waals surface area contributed by atoms with Crippen molar-refractivity contribution in [2.45, 2.75) is 25.9 Å². The van der Waals surface area contributed by atoms with Gasteiger partial charge >= 0.3 is 5.97 Å². The van der Waals surface area contributed by atoms with Gasteiger partial charge in [0.05, 0.1) is 13.2 Å². The lowest BCUT2D eigenvalue weighted by Crippen LogP contribution is -2.38. The Morgan fingerprint density at radius 2 is 1.93 bits per heavy atom. The van der Waals surface area contributed by atoms with E-state index in [1.54, 1.807) is 0 Å². The van der Waals surface area contributed by atoms with Crippen molar-refractivity contribution in [2.24, 2.45) is 0 Å². The molecule has 0 radical (unpaired) electrons. The fourth-order valence-electron chi connectivity index (χ4n) is 3.09. The molecule has 0 saturated carbocycles. The molecule has 1 unspecified atom stereocenters. The number of hydrogen-bond acceptors (Lipinski definition) is 7. The second-order valence-electron chi connectivity index (χ2n) is 7.18. The number of oxazole rings is 1. The second kappa shape index (κ2) is 10.8. The molecule has 0 aliphatic carbocycles. The van der Waals surface area contributed by atoms with Crippen molar-refractivity contribution in [2.75, 3.05) is 33.9 Å². The van der Waals surface area contributed by atoms with Crippen molar-refractivity contribution >= 4 is 17.1 Å². The number of benzene rings is 2. The van der Waals surface area contributed by atoms with Crippen LogP contribution in [0.5, 0.6) is 5.75 Å². The van der Waals surface area contributed by atoms with Crippen molar-refractivity contribution in [1.29, 1.82) is 0 Å². The van der Waals surface area contributed by atoms with Crippen LogP contribution >= 0.6 is 0 Å². The van der Waals surface area contributed by atoms with E-state index in [0.29, 0.717) is 38.6 Å². The van der Waals surface area contributed by atoms with Crippen LogP contribution in [0.15, 0.2) is 52.9 Å². The van der Waals surface area contributed by atoms with Crippen LogP contribution in [0.25, 0.3) is 11.1 Å². The first kappa shape index (κ1) is 21.8. The van der Waals surface area contributed by atoms with Gasteiger partial charge in [-0.15, -0.1) is 0 Å². The number of nitrogens with one attached hydrogen (secondary N) is 1. The number of hydrogen-bond donors (Lipinski definition) is 1. The van der Waals surface area contributed by atoms with Crippen LogP contribution in [0.1, 0.15) is 18.4 Å². The first-order valence-electron chi connectivity index (χ1n) is 10.2. The summed E-state index contributed by atoms with van der Waals surface area (Å²) in [5.74, 6) is 1.25. The Kier molecular flexibility index (Phi) is 7.82. The lowest BCUT2D eigenvalue weighted by Gasteiger charge is -2.22. The Balaban J connectivity index is 1.41. The van der Waals surface area contributed by atoms with Gasteiger partial charge in [-0.05, 0) is 57.3 Å². The van der Waals surface area contributed by atoms with Gasteiger partial charge in [0.2, 0.25) is 5.89 Å². The molecule has 3 aromatic rings. The summed E-state index contributed by atoms with van der Waals surface area (Å²) in [5.41, 5.74) is 2.72. The summed E-state index contributed by atoms with van der Waals surface area (Å²) in [7, 11) is 3.76. The molecule has 30 heavy (non-hydrogen) atoms. The number of carbonyl (C=O) groups is 1. The van der Waals surface area contributed by atoms with Gasteiger partial charge in [0, 0.05) is 6.54 Å². The molecule has 1 N–H and O–H groups in total. The molecular weight excluding hydrogens is 382 g/mol. The van der Waals surface area contributed by atoms with Gasteiger partial charge < -0.3 is 19.2 Å². The predicted octanol–water partition coefficient (Wildman–Crippen LogP) is 3.03. The van der Waals surface area contributed by atoms with E-state index in [0.717, 1.165) is 22.4 Å². The van der Waals surface area contributed by atoms with Gasteiger partial charge in [-0.3, -0.25) is 9.69 Å². The fraction of sp³-hybridized carbons (Fsp3) is 0.391. The van der Waals surface area contributed by atoms with Crippen LogP contribution in [0.2, 0.25) is 0 Å². The summed E-state index contributed by atoms with van der Waals surface area (Å²) in [6.07, 6.45) is 0.595. The molecule has 7 heteroatoms. The summed E-state index contributed by atoms with van der Waals surface area (Å²) in [5, 5.41) is 3.27. The third-order valence-electron chi connectivity index (χ3n) is 4.70. The Hall–Kier alpha value is -2.90. The van der Waals surface area contributed by atoms with E-state index < -0.39 is 0 Å². The van der Waals surface area contributed by atoms with Crippen molar-refractivity contribution in [3.05, 3.63) is 60.0 Å². The van der Waals surface area contributed by atoms with Gasteiger partial charge in [-0.25, -0.2) is 4.98 Å². The summed E-state index contributed by atoms with van der Waals surface area (Å²) in [6, 6.07) is 15.2. The predicted molar refractivity (Wildman–Crippen MR) is 115 cm³/mol. The van der Waals surface area contributed by atoms with Crippen molar-refractivity contribution in [3.8, 4) is 5.75 Å². The Bertz CT molecular complexity index is 904. The molecule has 1 atom stereocenters. The Labute approximate surface area is 177 Å². The standard InChI is InChI=1S/C23H29N3O4/c1-4-28-23(27)20(26(2)3)15-17-9-11-18(12-10-17)29-14-13-24-16-22-25-19-7-5-6-8-21(19)30-22/h5-12,20,24H,4,13-16H2,1-3H3. The maximum Gasteiger partial charge on any atom is 0.323 e. The summed E-state index contributed by atoms with van der Waals surface area (Å²) in [6.45, 7) is 3.96. The van der Waals surface area contributed by atoms with Crippen molar-refractivity contribution in [3.63, 3.8) is 0 Å². The van der Waals surface area contributed by atoms with E-state index in [1.165, 1.54) is 0 Å². The van der Waals surface area contributed by atoms with E-state index in [2.05, 4.69) is 10.3 Å². The van der Waals surface area contributed by atoms with Gasteiger partial charge in [0.1, 0.15) is 23.9 Å². The van der Waals surface area contributed by atoms with Crippen LogP contribution in [-0.4, -0.2) is 55.7 Å². The minimum absolute atomic E-state index is 0.201. The fourth-order valence-corrected chi connectivity index (χ4v) is 3.09. The molecule has 0 bridgehead atoms. The number of ether oxygens (including phenoxy) is 2. The molecule has 0 saturated heterocycles. The minimum Gasteiger partial charge on any atom is -0.492 e. The highest BCUT2D eigenvalue weighted by Crippen LogP contribution is 2.16. The van der Waals surface area contributed by atoms with Crippen LogP contribution in [0, 0.1) is 0 Å². The number of para-hydroxylation sites is 2. The maximum absolute atomic E-state index is 12.1. The van der Waals surface area contributed by atoms with E-state index in [4.69, 9.17) is 13.9 Å². The van der Waals surface area contributed by atoms with E-state index in [1.807, 2.05) is 74.4 Å². The highest BCUT2D eigenvalue weighted by Gasteiger charge is 2.22. The second-order valence-corrected chi connectivity index (χ2v) is 7.18. The van der Waals surface area contributed by atoms with Crippen molar-refractivity contribution in [1.82, 2.24) is 15.2 Å². The molecule has 2 aromatic carbocycles. The quantitative estimate of drug-likeness (QED) is 0.384. The van der Waals surface area contributed by atoms with E-state index in [9.17, 15) is 4.79 Å². The number of carbonyl (C=O) groups excluding carboxylic acids is 1. The van der Waals surface area contributed by atoms with Crippen LogP contribution in [-0.2, 0) is 22.5 Å². The number of esters is 1. The van der Waals surface area contributed by atoms with Crippen LogP contribution in [0.3, 0.4) is 0 Å². The van der Waals surface area contributed by atoms with Crippen molar-refractivity contribution < 1.29 is 18.7 Å². The molecule has 0 spiro atoms. The molecule has 1 aromatic heterocycles. The normalized spacial score (nSPS) is 12.3. The average Bonchev–Trinajstić information content (AvgIpc) is 3.15. The highest BCUT2D eigenvalue weighted by atomic mass is 16.5. The SMILES string of the molecule is CCOC(=O)C(Cc1ccc(OCCNCc2nc3ccccc3o2)cc1)N(C)C. The topological polar surface area (TPSA) is 76.8 Å². The molecule has 1 heterocycles. The number of aromatic nitrogens is 1. The zero-order chi connectivity index (χ0) is 21.3.